The molecule has 5 nitrogen and oxygen atoms in total. The summed E-state index contributed by atoms with van der Waals surface area (Å²) in [6.45, 7) is 4.39. The minimum absolute atomic E-state index is 0.0727. The number of nitrogens with zero attached hydrogens (tertiary/aromatic N) is 1. The average molecular weight is 369 g/mol. The van der Waals surface area contributed by atoms with Gasteiger partial charge in [-0.15, -0.1) is 0 Å². The fourth-order valence-electron chi connectivity index (χ4n) is 3.68. The first-order valence-electron chi connectivity index (χ1n) is 9.30. The SMILES string of the molecule is Cc1ccccc1COC1CN(C(=O)C2CNNC2c2cccc(F)c2)C1. The van der Waals surface area contributed by atoms with Gasteiger partial charge in [0.05, 0.1) is 24.7 Å². The van der Waals surface area contributed by atoms with Crippen LogP contribution in [0.1, 0.15) is 22.7 Å². The Kier molecular flexibility index (Phi) is 5.20. The number of ether oxygens (including phenoxy) is 1. The third-order valence-corrected chi connectivity index (χ3v) is 5.40. The molecule has 6 heteroatoms. The second-order valence-corrected chi connectivity index (χ2v) is 7.27. The molecule has 2 aliphatic heterocycles. The Morgan fingerprint density at radius 2 is 2.04 bits per heavy atom. The predicted octanol–water partition coefficient (Wildman–Crippen LogP) is 2.33. The molecule has 0 aromatic heterocycles. The molecule has 2 aromatic carbocycles. The molecule has 2 fully saturated rings. The summed E-state index contributed by atoms with van der Waals surface area (Å²) in [7, 11) is 0. The number of nitrogens with one attached hydrogen (secondary N) is 2. The average Bonchev–Trinajstić information content (AvgIpc) is 3.11. The van der Waals surface area contributed by atoms with Crippen LogP contribution in [0.25, 0.3) is 0 Å². The van der Waals surface area contributed by atoms with Crippen LogP contribution in [0.5, 0.6) is 0 Å². The highest BCUT2D eigenvalue weighted by molar-refractivity contribution is 5.81. The van der Waals surface area contributed by atoms with Crippen molar-refractivity contribution in [1.29, 1.82) is 0 Å². The number of hydrazine groups is 1. The van der Waals surface area contributed by atoms with Crippen molar-refractivity contribution in [3.63, 3.8) is 0 Å². The Bertz CT molecular complexity index is 823. The van der Waals surface area contributed by atoms with Crippen molar-refractivity contribution in [3.05, 3.63) is 71.0 Å². The molecule has 2 atom stereocenters. The van der Waals surface area contributed by atoms with Gasteiger partial charge >= 0.3 is 0 Å². The van der Waals surface area contributed by atoms with Crippen molar-refractivity contribution in [3.8, 4) is 0 Å². The van der Waals surface area contributed by atoms with Gasteiger partial charge < -0.3 is 9.64 Å². The summed E-state index contributed by atoms with van der Waals surface area (Å²) in [6, 6.07) is 14.3. The van der Waals surface area contributed by atoms with Crippen molar-refractivity contribution >= 4 is 5.91 Å². The van der Waals surface area contributed by atoms with E-state index in [1.54, 1.807) is 6.07 Å². The first kappa shape index (κ1) is 18.1. The summed E-state index contributed by atoms with van der Waals surface area (Å²) >= 11 is 0. The standard InChI is InChI=1S/C21H24FN3O2/c1-14-5-2-3-6-16(14)13-27-18-11-25(12-18)21(26)19-10-23-24-20(19)15-7-4-8-17(22)9-15/h2-9,18-20,23-24H,10-13H2,1H3. The zero-order valence-corrected chi connectivity index (χ0v) is 15.3. The topological polar surface area (TPSA) is 53.6 Å². The molecule has 1 amide bonds. The number of hydrogen-bond acceptors (Lipinski definition) is 4. The van der Waals surface area contributed by atoms with Crippen LogP contribution in [0.3, 0.4) is 0 Å². The largest absolute Gasteiger partial charge is 0.370 e. The van der Waals surface area contributed by atoms with Gasteiger partial charge in [0.25, 0.3) is 0 Å². The van der Waals surface area contributed by atoms with Crippen molar-refractivity contribution in [2.75, 3.05) is 19.6 Å². The molecule has 0 bridgehead atoms. The molecule has 27 heavy (non-hydrogen) atoms. The Hall–Kier alpha value is -2.28. The maximum atomic E-state index is 13.5. The monoisotopic (exact) mass is 369 g/mol. The van der Waals surface area contributed by atoms with Crippen molar-refractivity contribution < 1.29 is 13.9 Å². The van der Waals surface area contributed by atoms with Gasteiger partial charge in [0.2, 0.25) is 5.91 Å². The van der Waals surface area contributed by atoms with Gasteiger partial charge in [-0.3, -0.25) is 10.2 Å². The van der Waals surface area contributed by atoms with Gasteiger partial charge in [0, 0.05) is 19.6 Å². The molecule has 4 rings (SSSR count). The van der Waals surface area contributed by atoms with Gasteiger partial charge in [-0.2, -0.15) is 0 Å². The Labute approximate surface area is 158 Å². The molecule has 2 heterocycles. The van der Waals surface area contributed by atoms with Crippen LogP contribution in [-0.4, -0.2) is 36.5 Å². The van der Waals surface area contributed by atoms with E-state index >= 15 is 0 Å². The lowest BCUT2D eigenvalue weighted by Gasteiger charge is -2.40. The van der Waals surface area contributed by atoms with Crippen LogP contribution in [0.2, 0.25) is 0 Å². The number of carbonyl (C=O) groups is 1. The number of rotatable bonds is 5. The van der Waals surface area contributed by atoms with Gasteiger partial charge in [-0.25, -0.2) is 9.82 Å². The van der Waals surface area contributed by atoms with Crippen LogP contribution in [0.15, 0.2) is 48.5 Å². The molecular weight excluding hydrogens is 345 g/mol. The zero-order valence-electron chi connectivity index (χ0n) is 15.3. The fourth-order valence-corrected chi connectivity index (χ4v) is 3.68. The molecule has 0 spiro atoms. The molecule has 2 unspecified atom stereocenters. The summed E-state index contributed by atoms with van der Waals surface area (Å²) in [5.74, 6) is -0.456. The van der Waals surface area contributed by atoms with E-state index in [9.17, 15) is 9.18 Å². The smallest absolute Gasteiger partial charge is 0.229 e. The molecule has 2 saturated heterocycles. The number of carbonyl (C=O) groups excluding carboxylic acids is 1. The van der Waals surface area contributed by atoms with Gasteiger partial charge in [-0.1, -0.05) is 36.4 Å². The highest BCUT2D eigenvalue weighted by Crippen LogP contribution is 2.29. The third-order valence-electron chi connectivity index (χ3n) is 5.40. The second kappa shape index (κ2) is 7.76. The van der Waals surface area contributed by atoms with Crippen molar-refractivity contribution in [2.45, 2.75) is 25.7 Å². The molecule has 0 aliphatic carbocycles. The van der Waals surface area contributed by atoms with E-state index in [-0.39, 0.29) is 29.8 Å². The molecule has 2 aliphatic rings. The third kappa shape index (κ3) is 3.88. The van der Waals surface area contributed by atoms with Crippen LogP contribution in [0, 0.1) is 18.7 Å². The number of amides is 1. The van der Waals surface area contributed by atoms with E-state index in [0.717, 1.165) is 5.56 Å². The highest BCUT2D eigenvalue weighted by Gasteiger charge is 2.41. The highest BCUT2D eigenvalue weighted by atomic mass is 19.1. The fraction of sp³-hybridized carbons (Fsp3) is 0.381. The predicted molar refractivity (Wildman–Crippen MR) is 100 cm³/mol. The molecule has 2 aromatic rings. The van der Waals surface area contributed by atoms with E-state index in [1.807, 2.05) is 23.1 Å². The lowest BCUT2D eigenvalue weighted by molar-refractivity contribution is -0.150. The molecule has 2 N–H and O–H groups in total. The lowest BCUT2D eigenvalue weighted by atomic mass is 9.92. The molecule has 142 valence electrons. The zero-order chi connectivity index (χ0) is 18.8. The van der Waals surface area contributed by atoms with Gasteiger partial charge in [-0.05, 0) is 35.7 Å². The van der Waals surface area contributed by atoms with E-state index in [0.29, 0.717) is 26.2 Å². The maximum Gasteiger partial charge on any atom is 0.229 e. The minimum Gasteiger partial charge on any atom is -0.370 e. The summed E-state index contributed by atoms with van der Waals surface area (Å²) < 4.78 is 19.5. The van der Waals surface area contributed by atoms with Gasteiger partial charge in [0.1, 0.15) is 5.82 Å². The number of benzene rings is 2. The number of hydrogen-bond donors (Lipinski definition) is 2. The first-order valence-corrected chi connectivity index (χ1v) is 9.30. The maximum absolute atomic E-state index is 13.5. The molecular formula is C21H24FN3O2. The Balaban J connectivity index is 1.31. The number of halogens is 1. The first-order chi connectivity index (χ1) is 13.1. The number of aryl methyl sites for hydroxylation is 1. The van der Waals surface area contributed by atoms with Crippen LogP contribution < -0.4 is 10.9 Å². The molecule has 0 saturated carbocycles. The normalized spacial score (nSPS) is 22.7. The van der Waals surface area contributed by atoms with E-state index in [1.165, 1.54) is 23.3 Å². The van der Waals surface area contributed by atoms with E-state index in [2.05, 4.69) is 29.9 Å². The van der Waals surface area contributed by atoms with Crippen molar-refractivity contribution in [1.82, 2.24) is 15.8 Å². The number of likely N-dealkylation sites (tertiary alicyclic amines) is 1. The van der Waals surface area contributed by atoms with Crippen LogP contribution in [-0.2, 0) is 16.1 Å². The summed E-state index contributed by atoms with van der Waals surface area (Å²) in [5, 5.41) is 0. The van der Waals surface area contributed by atoms with Gasteiger partial charge in [0.15, 0.2) is 0 Å². The van der Waals surface area contributed by atoms with Crippen molar-refractivity contribution in [2.24, 2.45) is 5.92 Å². The minimum atomic E-state index is -0.291. The van der Waals surface area contributed by atoms with Crippen LogP contribution >= 0.6 is 0 Å². The summed E-state index contributed by atoms with van der Waals surface area (Å²) in [6.07, 6.45) is 0.0727. The Morgan fingerprint density at radius 3 is 2.81 bits per heavy atom. The quantitative estimate of drug-likeness (QED) is 0.849. The summed E-state index contributed by atoms with van der Waals surface area (Å²) in [5.41, 5.74) is 9.32. The summed E-state index contributed by atoms with van der Waals surface area (Å²) in [4.78, 5) is 14.7. The van der Waals surface area contributed by atoms with E-state index < -0.39 is 0 Å². The second-order valence-electron chi connectivity index (χ2n) is 7.27. The molecule has 0 radical (unpaired) electrons. The van der Waals surface area contributed by atoms with Crippen LogP contribution in [0.4, 0.5) is 4.39 Å². The lowest BCUT2D eigenvalue weighted by Crippen LogP contribution is -2.57. The Morgan fingerprint density at radius 1 is 1.22 bits per heavy atom. The van der Waals surface area contributed by atoms with E-state index in [4.69, 9.17) is 4.74 Å².